The Kier molecular flexibility index (Phi) is 1.92. The number of unbranched alkanes of at least 4 members (excludes halogenated alkanes) is 1. The molecule has 1 aliphatic carbocycles. The van der Waals surface area contributed by atoms with Gasteiger partial charge in [-0.1, -0.05) is 19.8 Å². The number of rotatable bonds is 3. The van der Waals surface area contributed by atoms with Gasteiger partial charge in [0.15, 0.2) is 0 Å². The first-order valence-electron chi connectivity index (χ1n) is 5.03. The summed E-state index contributed by atoms with van der Waals surface area (Å²) in [6, 6.07) is 0.958. The van der Waals surface area contributed by atoms with E-state index in [2.05, 4.69) is 18.9 Å². The average molecular weight is 153 g/mol. The predicted molar refractivity (Wildman–Crippen MR) is 47.5 cm³/mol. The summed E-state index contributed by atoms with van der Waals surface area (Å²) < 4.78 is 0. The van der Waals surface area contributed by atoms with Gasteiger partial charge in [-0.2, -0.15) is 0 Å². The first-order chi connectivity index (χ1) is 5.33. The number of hydrogen-bond acceptors (Lipinski definition) is 1. The van der Waals surface area contributed by atoms with E-state index in [1.165, 1.54) is 25.8 Å². The van der Waals surface area contributed by atoms with Crippen molar-refractivity contribution in [1.82, 2.24) is 4.90 Å². The molecule has 0 aromatic carbocycles. The second-order valence-electron chi connectivity index (χ2n) is 4.31. The summed E-state index contributed by atoms with van der Waals surface area (Å²) in [4.78, 5) is 2.58. The number of likely N-dealkylation sites (tertiary alicyclic amines) is 1. The van der Waals surface area contributed by atoms with Crippen molar-refractivity contribution in [3.8, 4) is 0 Å². The van der Waals surface area contributed by atoms with Gasteiger partial charge < -0.3 is 4.90 Å². The van der Waals surface area contributed by atoms with E-state index in [4.69, 9.17) is 0 Å². The van der Waals surface area contributed by atoms with E-state index in [0.717, 1.165) is 17.9 Å². The van der Waals surface area contributed by atoms with Crippen molar-refractivity contribution in [2.45, 2.75) is 38.6 Å². The van der Waals surface area contributed by atoms with E-state index in [0.29, 0.717) is 0 Å². The number of piperidine rings is 1. The van der Waals surface area contributed by atoms with E-state index in [1.807, 2.05) is 0 Å². The molecule has 1 saturated heterocycles. The van der Waals surface area contributed by atoms with Crippen LogP contribution < -0.4 is 0 Å². The number of hydrogen-bond donors (Lipinski definition) is 0. The maximum atomic E-state index is 2.58. The Morgan fingerprint density at radius 1 is 1.45 bits per heavy atom. The Labute approximate surface area is 69.8 Å². The molecule has 1 saturated carbocycles. The highest BCUT2D eigenvalue weighted by atomic mass is 15.2. The molecule has 11 heavy (non-hydrogen) atoms. The highest BCUT2D eigenvalue weighted by Gasteiger charge is 2.50. The summed E-state index contributed by atoms with van der Waals surface area (Å²) in [7, 11) is 2.30. The molecule has 3 atom stereocenters. The van der Waals surface area contributed by atoms with Crippen LogP contribution in [0.15, 0.2) is 0 Å². The fraction of sp³-hybridized carbons (Fsp3) is 1.00. The van der Waals surface area contributed by atoms with Crippen LogP contribution >= 0.6 is 0 Å². The predicted octanol–water partition coefficient (Wildman–Crippen LogP) is 2.13. The molecule has 1 aliphatic heterocycles. The second-order valence-corrected chi connectivity index (χ2v) is 4.31. The molecule has 0 radical (unpaired) electrons. The lowest BCUT2D eigenvalue weighted by Crippen LogP contribution is -2.28. The van der Waals surface area contributed by atoms with Gasteiger partial charge in [0.1, 0.15) is 0 Å². The van der Waals surface area contributed by atoms with Gasteiger partial charge in [0.05, 0.1) is 0 Å². The monoisotopic (exact) mass is 153 g/mol. The van der Waals surface area contributed by atoms with Crippen molar-refractivity contribution in [2.24, 2.45) is 11.8 Å². The molecular formula is C10H19N. The minimum Gasteiger partial charge on any atom is -0.303 e. The lowest BCUT2D eigenvalue weighted by atomic mass is 10.1. The third-order valence-corrected chi connectivity index (χ3v) is 3.41. The quantitative estimate of drug-likeness (QED) is 0.600. The van der Waals surface area contributed by atoms with Gasteiger partial charge in [0.2, 0.25) is 0 Å². The number of fused-ring (bicyclic) bond motifs is 1. The Morgan fingerprint density at radius 2 is 2.27 bits per heavy atom. The highest BCUT2D eigenvalue weighted by molar-refractivity contribution is 5.02. The van der Waals surface area contributed by atoms with Crippen molar-refractivity contribution in [1.29, 1.82) is 0 Å². The molecule has 1 heterocycles. The van der Waals surface area contributed by atoms with Gasteiger partial charge in [-0.25, -0.2) is 0 Å². The van der Waals surface area contributed by atoms with E-state index in [9.17, 15) is 0 Å². The van der Waals surface area contributed by atoms with Gasteiger partial charge in [-0.15, -0.1) is 0 Å². The van der Waals surface area contributed by atoms with E-state index in [1.54, 1.807) is 6.42 Å². The molecule has 64 valence electrons. The number of nitrogens with zero attached hydrogens (tertiary/aromatic N) is 1. The van der Waals surface area contributed by atoms with Crippen molar-refractivity contribution in [3.05, 3.63) is 0 Å². The Hall–Kier alpha value is -0.0400. The largest absolute Gasteiger partial charge is 0.303 e. The fourth-order valence-electron chi connectivity index (χ4n) is 2.63. The van der Waals surface area contributed by atoms with Gasteiger partial charge >= 0.3 is 0 Å². The van der Waals surface area contributed by atoms with Crippen LogP contribution in [0.3, 0.4) is 0 Å². The molecule has 1 nitrogen and oxygen atoms in total. The lowest BCUT2D eigenvalue weighted by molar-refractivity contribution is 0.252. The molecule has 3 unspecified atom stereocenters. The summed E-state index contributed by atoms with van der Waals surface area (Å²) in [5, 5.41) is 0. The third-order valence-electron chi connectivity index (χ3n) is 3.41. The van der Waals surface area contributed by atoms with Crippen molar-refractivity contribution in [2.75, 3.05) is 13.6 Å². The molecule has 0 bridgehead atoms. The minimum atomic E-state index is 0.958. The van der Waals surface area contributed by atoms with Crippen LogP contribution in [-0.4, -0.2) is 24.5 Å². The Bertz CT molecular complexity index is 142. The van der Waals surface area contributed by atoms with Crippen LogP contribution in [0.5, 0.6) is 0 Å². The zero-order valence-corrected chi connectivity index (χ0v) is 7.71. The van der Waals surface area contributed by atoms with Crippen LogP contribution in [0.4, 0.5) is 0 Å². The molecule has 0 amide bonds. The Balaban J connectivity index is 1.81. The van der Waals surface area contributed by atoms with Crippen LogP contribution in [0.1, 0.15) is 32.6 Å². The van der Waals surface area contributed by atoms with Gasteiger partial charge in [0.25, 0.3) is 0 Å². The fourth-order valence-corrected chi connectivity index (χ4v) is 2.63. The van der Waals surface area contributed by atoms with E-state index in [-0.39, 0.29) is 0 Å². The van der Waals surface area contributed by atoms with Gasteiger partial charge in [-0.05, 0) is 31.7 Å². The smallest absolute Gasteiger partial charge is 0.0124 e. The molecule has 0 aromatic rings. The SMILES string of the molecule is CCCCC1C2CC2CN1C. The zero-order chi connectivity index (χ0) is 7.84. The third kappa shape index (κ3) is 1.31. The molecule has 2 aliphatic rings. The van der Waals surface area contributed by atoms with E-state index >= 15 is 0 Å². The normalized spacial score (nSPS) is 42.5. The molecule has 1 heteroatoms. The molecule has 0 spiro atoms. The first-order valence-corrected chi connectivity index (χ1v) is 5.03. The maximum Gasteiger partial charge on any atom is 0.0124 e. The Morgan fingerprint density at radius 3 is 2.82 bits per heavy atom. The van der Waals surface area contributed by atoms with E-state index < -0.39 is 0 Å². The molecule has 0 N–H and O–H groups in total. The summed E-state index contributed by atoms with van der Waals surface area (Å²) >= 11 is 0. The van der Waals surface area contributed by atoms with Crippen LogP contribution in [-0.2, 0) is 0 Å². The maximum absolute atomic E-state index is 2.58. The lowest BCUT2D eigenvalue weighted by Gasteiger charge is -2.22. The van der Waals surface area contributed by atoms with Gasteiger partial charge in [0, 0.05) is 12.6 Å². The van der Waals surface area contributed by atoms with Crippen molar-refractivity contribution in [3.63, 3.8) is 0 Å². The van der Waals surface area contributed by atoms with Crippen molar-refractivity contribution < 1.29 is 0 Å². The molecular weight excluding hydrogens is 134 g/mol. The van der Waals surface area contributed by atoms with Gasteiger partial charge in [-0.3, -0.25) is 0 Å². The van der Waals surface area contributed by atoms with Crippen LogP contribution in [0.25, 0.3) is 0 Å². The molecule has 2 fully saturated rings. The van der Waals surface area contributed by atoms with Crippen LogP contribution in [0.2, 0.25) is 0 Å². The minimum absolute atomic E-state index is 0.958. The van der Waals surface area contributed by atoms with Crippen LogP contribution in [0, 0.1) is 11.8 Å². The topological polar surface area (TPSA) is 3.24 Å². The summed E-state index contributed by atoms with van der Waals surface area (Å²) in [5.74, 6) is 2.20. The average Bonchev–Trinajstić information content (AvgIpc) is 2.64. The first kappa shape index (κ1) is 7.60. The highest BCUT2D eigenvalue weighted by Crippen LogP contribution is 2.50. The molecule has 2 rings (SSSR count). The second kappa shape index (κ2) is 2.78. The van der Waals surface area contributed by atoms with Crippen molar-refractivity contribution >= 4 is 0 Å². The summed E-state index contributed by atoms with van der Waals surface area (Å²) in [6.07, 6.45) is 5.78. The summed E-state index contributed by atoms with van der Waals surface area (Å²) in [6.45, 7) is 3.68. The summed E-state index contributed by atoms with van der Waals surface area (Å²) in [5.41, 5.74) is 0. The zero-order valence-electron chi connectivity index (χ0n) is 7.71. The standard InChI is InChI=1S/C10H19N/c1-3-4-5-10-9-6-8(9)7-11(10)2/h8-10H,3-7H2,1-2H3. The molecule has 0 aromatic heterocycles.